The Bertz CT molecular complexity index is 1040. The van der Waals surface area contributed by atoms with E-state index in [1.165, 1.54) is 23.1 Å². The van der Waals surface area contributed by atoms with E-state index in [0.717, 1.165) is 24.2 Å². The smallest absolute Gasteiger partial charge is 0.272 e. The van der Waals surface area contributed by atoms with Gasteiger partial charge in [-0.15, -0.1) is 0 Å². The van der Waals surface area contributed by atoms with Gasteiger partial charge in [-0.05, 0) is 49.2 Å². The van der Waals surface area contributed by atoms with Gasteiger partial charge < -0.3 is 10.2 Å². The molecule has 148 valence electrons. The molecule has 0 atom stereocenters. The first-order valence-corrected chi connectivity index (χ1v) is 9.47. The fourth-order valence-corrected chi connectivity index (χ4v) is 3.15. The van der Waals surface area contributed by atoms with E-state index in [1.807, 2.05) is 36.4 Å². The fraction of sp³-hybridized carbons (Fsp3) is 0.227. The highest BCUT2D eigenvalue weighted by atomic mass is 19.1. The number of amides is 2. The van der Waals surface area contributed by atoms with Gasteiger partial charge in [-0.1, -0.05) is 24.3 Å². The lowest BCUT2D eigenvalue weighted by Gasteiger charge is -2.17. The van der Waals surface area contributed by atoms with Crippen LogP contribution in [0.4, 0.5) is 10.1 Å². The van der Waals surface area contributed by atoms with Gasteiger partial charge in [0.15, 0.2) is 0 Å². The third-order valence-electron chi connectivity index (χ3n) is 4.78. The van der Waals surface area contributed by atoms with Crippen molar-refractivity contribution in [2.75, 3.05) is 18.9 Å². The van der Waals surface area contributed by atoms with Crippen LogP contribution in [0, 0.1) is 5.82 Å². The summed E-state index contributed by atoms with van der Waals surface area (Å²) in [6.07, 6.45) is 2.15. The number of nitrogens with one attached hydrogen (secondary N) is 1. The Kier molecular flexibility index (Phi) is 5.12. The summed E-state index contributed by atoms with van der Waals surface area (Å²) < 4.78 is 14.9. The van der Waals surface area contributed by atoms with Gasteiger partial charge in [0.25, 0.3) is 5.91 Å². The average Bonchev–Trinajstić information content (AvgIpc) is 3.46. The molecule has 0 bridgehead atoms. The molecule has 1 heterocycles. The average molecular weight is 392 g/mol. The van der Waals surface area contributed by atoms with Gasteiger partial charge in [0.05, 0.1) is 17.9 Å². The van der Waals surface area contributed by atoms with Crippen LogP contribution in [0.2, 0.25) is 0 Å². The Hall–Kier alpha value is -3.48. The predicted molar refractivity (Wildman–Crippen MR) is 108 cm³/mol. The number of halogens is 1. The standard InChI is InChI=1S/C22H21FN4O2/c1-26(14-21(28)24-17-7-5-6-16(23)12-17)22(29)20-13-19(15-10-11-15)25-27(20)18-8-3-2-4-9-18/h2-9,12-13,15H,10-11,14H2,1H3,(H,24,28). The molecule has 2 amide bonds. The third kappa shape index (κ3) is 4.34. The zero-order valence-electron chi connectivity index (χ0n) is 16.0. The van der Waals surface area contributed by atoms with Crippen LogP contribution in [-0.4, -0.2) is 40.1 Å². The number of carbonyl (C=O) groups is 2. The number of likely N-dealkylation sites (N-methyl/N-ethyl adjacent to an activating group) is 1. The normalized spacial score (nSPS) is 13.2. The van der Waals surface area contributed by atoms with Gasteiger partial charge in [0.2, 0.25) is 5.91 Å². The van der Waals surface area contributed by atoms with Crippen molar-refractivity contribution in [1.82, 2.24) is 14.7 Å². The van der Waals surface area contributed by atoms with Crippen molar-refractivity contribution in [2.45, 2.75) is 18.8 Å². The molecule has 4 rings (SSSR count). The summed E-state index contributed by atoms with van der Waals surface area (Å²) in [5, 5.41) is 7.23. The number of nitrogens with zero attached hydrogens (tertiary/aromatic N) is 3. The van der Waals surface area contributed by atoms with Gasteiger partial charge >= 0.3 is 0 Å². The van der Waals surface area contributed by atoms with Crippen molar-refractivity contribution in [3.8, 4) is 5.69 Å². The lowest BCUT2D eigenvalue weighted by molar-refractivity contribution is -0.116. The van der Waals surface area contributed by atoms with Crippen LogP contribution in [-0.2, 0) is 4.79 Å². The maximum absolute atomic E-state index is 13.3. The molecule has 1 fully saturated rings. The van der Waals surface area contributed by atoms with Crippen LogP contribution >= 0.6 is 0 Å². The number of carbonyl (C=O) groups excluding carboxylic acids is 2. The number of benzene rings is 2. The molecule has 0 spiro atoms. The first-order chi connectivity index (χ1) is 14.0. The van der Waals surface area contributed by atoms with Crippen molar-refractivity contribution in [3.63, 3.8) is 0 Å². The Labute approximate surface area is 167 Å². The quantitative estimate of drug-likeness (QED) is 0.697. The molecule has 1 aromatic heterocycles. The summed E-state index contributed by atoms with van der Waals surface area (Å²) in [5.74, 6) is -0.748. The summed E-state index contributed by atoms with van der Waals surface area (Å²) >= 11 is 0. The largest absolute Gasteiger partial charge is 0.331 e. The van der Waals surface area contributed by atoms with Crippen molar-refractivity contribution in [2.24, 2.45) is 0 Å². The van der Waals surface area contributed by atoms with E-state index in [0.29, 0.717) is 17.3 Å². The molecule has 7 heteroatoms. The molecule has 0 radical (unpaired) electrons. The third-order valence-corrected chi connectivity index (χ3v) is 4.78. The number of rotatable bonds is 6. The fourth-order valence-electron chi connectivity index (χ4n) is 3.15. The Balaban J connectivity index is 1.51. The van der Waals surface area contributed by atoms with E-state index in [-0.39, 0.29) is 12.5 Å². The van der Waals surface area contributed by atoms with E-state index in [4.69, 9.17) is 0 Å². The zero-order valence-corrected chi connectivity index (χ0v) is 16.0. The molecule has 1 N–H and O–H groups in total. The second kappa shape index (κ2) is 7.87. The van der Waals surface area contributed by atoms with Crippen molar-refractivity contribution < 1.29 is 14.0 Å². The van der Waals surface area contributed by atoms with Crippen LogP contribution in [0.3, 0.4) is 0 Å². The zero-order chi connectivity index (χ0) is 20.4. The molecular formula is C22H21FN4O2. The molecule has 1 aliphatic carbocycles. The van der Waals surface area contributed by atoms with Crippen molar-refractivity contribution >= 4 is 17.5 Å². The maximum atomic E-state index is 13.3. The molecule has 29 heavy (non-hydrogen) atoms. The van der Waals surface area contributed by atoms with Crippen molar-refractivity contribution in [3.05, 3.63) is 77.9 Å². The minimum Gasteiger partial charge on any atom is -0.331 e. The predicted octanol–water partition coefficient (Wildman–Crippen LogP) is 3.60. The number of anilines is 1. The van der Waals surface area contributed by atoms with E-state index in [1.54, 1.807) is 17.8 Å². The lowest BCUT2D eigenvalue weighted by Crippen LogP contribution is -2.35. The molecule has 6 nitrogen and oxygen atoms in total. The molecule has 0 aliphatic heterocycles. The second-order valence-corrected chi connectivity index (χ2v) is 7.20. The van der Waals surface area contributed by atoms with Crippen LogP contribution in [0.1, 0.15) is 34.9 Å². The van der Waals surface area contributed by atoms with Crippen LogP contribution in [0.5, 0.6) is 0 Å². The van der Waals surface area contributed by atoms with E-state index < -0.39 is 11.7 Å². The molecule has 0 saturated heterocycles. The summed E-state index contributed by atoms with van der Waals surface area (Å²) in [7, 11) is 1.56. The molecule has 0 unspecified atom stereocenters. The Morgan fingerprint density at radius 1 is 1.14 bits per heavy atom. The minimum atomic E-state index is -0.438. The summed E-state index contributed by atoms with van der Waals surface area (Å²) in [6.45, 7) is -0.159. The van der Waals surface area contributed by atoms with Crippen LogP contribution in [0.25, 0.3) is 5.69 Å². The SMILES string of the molecule is CN(CC(=O)Nc1cccc(F)c1)C(=O)c1cc(C2CC2)nn1-c1ccccc1. The van der Waals surface area contributed by atoms with Gasteiger partial charge in [-0.3, -0.25) is 9.59 Å². The van der Waals surface area contributed by atoms with E-state index in [2.05, 4.69) is 10.4 Å². The molecule has 1 aliphatic rings. The van der Waals surface area contributed by atoms with Gasteiger partial charge in [-0.25, -0.2) is 9.07 Å². The first kappa shape index (κ1) is 18.9. The van der Waals surface area contributed by atoms with Crippen molar-refractivity contribution in [1.29, 1.82) is 0 Å². The number of aromatic nitrogens is 2. The monoisotopic (exact) mass is 392 g/mol. The maximum Gasteiger partial charge on any atom is 0.272 e. The Morgan fingerprint density at radius 2 is 1.90 bits per heavy atom. The minimum absolute atomic E-state index is 0.159. The molecule has 3 aromatic rings. The van der Waals surface area contributed by atoms with E-state index >= 15 is 0 Å². The number of para-hydroxylation sites is 1. The topological polar surface area (TPSA) is 67.2 Å². The highest BCUT2D eigenvalue weighted by molar-refractivity contribution is 5.98. The first-order valence-electron chi connectivity index (χ1n) is 9.47. The number of hydrogen-bond donors (Lipinski definition) is 1. The molecular weight excluding hydrogens is 371 g/mol. The molecule has 2 aromatic carbocycles. The van der Waals surface area contributed by atoms with Gasteiger partial charge in [-0.2, -0.15) is 5.10 Å². The van der Waals surface area contributed by atoms with Crippen LogP contribution < -0.4 is 5.32 Å². The van der Waals surface area contributed by atoms with Gasteiger partial charge in [0.1, 0.15) is 11.5 Å². The summed E-state index contributed by atoms with van der Waals surface area (Å²) in [4.78, 5) is 26.7. The summed E-state index contributed by atoms with van der Waals surface area (Å²) in [6, 6.07) is 16.9. The van der Waals surface area contributed by atoms with Gasteiger partial charge in [0, 0.05) is 18.7 Å². The number of hydrogen-bond acceptors (Lipinski definition) is 3. The molecule has 1 saturated carbocycles. The lowest BCUT2D eigenvalue weighted by atomic mass is 10.2. The van der Waals surface area contributed by atoms with E-state index in [9.17, 15) is 14.0 Å². The summed E-state index contributed by atoms with van der Waals surface area (Å²) in [5.41, 5.74) is 2.45. The van der Waals surface area contributed by atoms with Crippen LogP contribution in [0.15, 0.2) is 60.7 Å². The highest BCUT2D eigenvalue weighted by Crippen LogP contribution is 2.39. The highest BCUT2D eigenvalue weighted by Gasteiger charge is 2.30. The second-order valence-electron chi connectivity index (χ2n) is 7.20. The Morgan fingerprint density at radius 3 is 2.59 bits per heavy atom.